The molecule has 4 unspecified atom stereocenters. The Labute approximate surface area is 124 Å². The van der Waals surface area contributed by atoms with Crippen LogP contribution in [0.15, 0.2) is 24.3 Å². The monoisotopic (exact) mass is 295 g/mol. The first-order valence-electron chi connectivity index (χ1n) is 7.37. The molecule has 2 N–H and O–H groups in total. The average Bonchev–Trinajstić information content (AvgIpc) is 2.47. The topological polar surface area (TPSA) is 52.3 Å². The van der Waals surface area contributed by atoms with Crippen molar-refractivity contribution in [1.29, 1.82) is 0 Å². The van der Waals surface area contributed by atoms with Crippen LogP contribution in [0.5, 0.6) is 5.75 Å². The minimum atomic E-state index is -0.832. The Morgan fingerprint density at radius 1 is 1.45 bits per heavy atom. The van der Waals surface area contributed by atoms with E-state index in [4.69, 9.17) is 10.5 Å². The third kappa shape index (κ3) is 4.06. The smallest absolute Gasteiger partial charge is 0.119 e. The van der Waals surface area contributed by atoms with Gasteiger partial charge in [0.1, 0.15) is 5.75 Å². The summed E-state index contributed by atoms with van der Waals surface area (Å²) >= 11 is 0. The van der Waals surface area contributed by atoms with Crippen LogP contribution in [0, 0.1) is 5.92 Å². The number of hydrogen-bond donors (Lipinski definition) is 1. The lowest BCUT2D eigenvalue weighted by Crippen LogP contribution is -2.29. The Kier molecular flexibility index (Phi) is 5.61. The van der Waals surface area contributed by atoms with E-state index in [2.05, 4.69) is 6.92 Å². The Hall–Kier alpha value is -0.870. The van der Waals surface area contributed by atoms with Gasteiger partial charge in [-0.15, -0.1) is 0 Å². The van der Waals surface area contributed by atoms with Gasteiger partial charge in [0.25, 0.3) is 0 Å². The van der Waals surface area contributed by atoms with E-state index in [-0.39, 0.29) is 6.04 Å². The normalized spacial score (nSPS) is 25.9. The maximum absolute atomic E-state index is 12.5. The third-order valence-corrected chi connectivity index (χ3v) is 5.99. The quantitative estimate of drug-likeness (QED) is 0.908. The number of benzene rings is 1. The summed E-state index contributed by atoms with van der Waals surface area (Å²) in [5.74, 6) is 2.05. The lowest BCUT2D eigenvalue weighted by molar-refractivity contribution is 0.389. The minimum absolute atomic E-state index is 0.178. The molecule has 2 rings (SSSR count). The first kappa shape index (κ1) is 15.5. The fraction of sp³-hybridized carbons (Fsp3) is 0.625. The van der Waals surface area contributed by atoms with Crippen LogP contribution in [0.4, 0.5) is 0 Å². The van der Waals surface area contributed by atoms with Crippen molar-refractivity contribution < 1.29 is 8.95 Å². The van der Waals surface area contributed by atoms with Gasteiger partial charge in [-0.05, 0) is 36.5 Å². The summed E-state index contributed by atoms with van der Waals surface area (Å²) in [5, 5.41) is 0.329. The number of methoxy groups -OCH3 is 1. The predicted molar refractivity (Wildman–Crippen MR) is 84.4 cm³/mol. The van der Waals surface area contributed by atoms with Crippen LogP contribution >= 0.6 is 0 Å². The van der Waals surface area contributed by atoms with E-state index >= 15 is 0 Å². The van der Waals surface area contributed by atoms with Crippen LogP contribution < -0.4 is 10.5 Å². The second-order valence-corrected chi connectivity index (χ2v) is 7.59. The molecule has 0 amide bonds. The highest BCUT2D eigenvalue weighted by Crippen LogP contribution is 2.28. The summed E-state index contributed by atoms with van der Waals surface area (Å²) in [6, 6.07) is 7.57. The maximum Gasteiger partial charge on any atom is 0.119 e. The molecule has 1 aromatic carbocycles. The van der Waals surface area contributed by atoms with Crippen molar-refractivity contribution in [1.82, 2.24) is 0 Å². The number of ether oxygens (including phenoxy) is 1. The largest absolute Gasteiger partial charge is 0.497 e. The van der Waals surface area contributed by atoms with Crippen LogP contribution in [0.3, 0.4) is 0 Å². The molecule has 0 spiro atoms. The number of nitrogens with two attached hydrogens (primary N) is 1. The van der Waals surface area contributed by atoms with E-state index in [1.165, 1.54) is 12.8 Å². The molecule has 0 radical (unpaired) electrons. The molecule has 1 aliphatic carbocycles. The zero-order valence-electron chi connectivity index (χ0n) is 12.4. The summed E-state index contributed by atoms with van der Waals surface area (Å²) < 4.78 is 17.7. The SMILES string of the molecule is COc1cccc(C(N)CS(=O)C2CCCC(C)C2)c1. The molecule has 112 valence electrons. The van der Waals surface area contributed by atoms with Gasteiger partial charge in [-0.25, -0.2) is 0 Å². The van der Waals surface area contributed by atoms with E-state index in [0.29, 0.717) is 16.9 Å². The van der Waals surface area contributed by atoms with Gasteiger partial charge in [0.2, 0.25) is 0 Å². The Bertz CT molecular complexity index is 464. The molecule has 1 fully saturated rings. The molecule has 0 heterocycles. The van der Waals surface area contributed by atoms with Gasteiger partial charge in [-0.1, -0.05) is 31.9 Å². The van der Waals surface area contributed by atoms with Crippen LogP contribution in [-0.2, 0) is 10.8 Å². The van der Waals surface area contributed by atoms with Crippen molar-refractivity contribution in [3.05, 3.63) is 29.8 Å². The molecule has 0 aromatic heterocycles. The second kappa shape index (κ2) is 7.23. The zero-order chi connectivity index (χ0) is 14.5. The molecule has 1 aromatic rings. The summed E-state index contributed by atoms with van der Waals surface area (Å²) in [5.41, 5.74) is 7.21. The molecule has 1 aliphatic rings. The van der Waals surface area contributed by atoms with Crippen LogP contribution in [0.2, 0.25) is 0 Å². The zero-order valence-corrected chi connectivity index (χ0v) is 13.2. The second-order valence-electron chi connectivity index (χ2n) is 5.82. The molecule has 4 atom stereocenters. The lowest BCUT2D eigenvalue weighted by Gasteiger charge is -2.27. The fourth-order valence-corrected chi connectivity index (χ4v) is 4.69. The first-order chi connectivity index (χ1) is 9.60. The van der Waals surface area contributed by atoms with Gasteiger partial charge in [-0.2, -0.15) is 0 Å². The van der Waals surface area contributed by atoms with Crippen LogP contribution in [0.1, 0.15) is 44.2 Å². The predicted octanol–water partition coefficient (Wildman–Crippen LogP) is 3.02. The molecule has 0 aliphatic heterocycles. The third-order valence-electron chi connectivity index (χ3n) is 4.13. The Balaban J connectivity index is 1.96. The van der Waals surface area contributed by atoms with E-state index in [9.17, 15) is 4.21 Å². The van der Waals surface area contributed by atoms with Gasteiger partial charge < -0.3 is 10.5 Å². The van der Waals surface area contributed by atoms with Crippen LogP contribution in [0.25, 0.3) is 0 Å². The lowest BCUT2D eigenvalue weighted by atomic mass is 9.91. The van der Waals surface area contributed by atoms with Crippen molar-refractivity contribution in [2.24, 2.45) is 11.7 Å². The fourth-order valence-electron chi connectivity index (χ4n) is 2.90. The van der Waals surface area contributed by atoms with E-state index < -0.39 is 10.8 Å². The van der Waals surface area contributed by atoms with Gasteiger partial charge in [0.15, 0.2) is 0 Å². The summed E-state index contributed by atoms with van der Waals surface area (Å²) in [4.78, 5) is 0. The average molecular weight is 295 g/mol. The molecular formula is C16H25NO2S. The van der Waals surface area contributed by atoms with Crippen molar-refractivity contribution in [2.45, 2.75) is 43.9 Å². The summed E-state index contributed by atoms with van der Waals surface area (Å²) in [6.45, 7) is 2.26. The van der Waals surface area contributed by atoms with Crippen molar-refractivity contribution in [2.75, 3.05) is 12.9 Å². The highest BCUT2D eigenvalue weighted by Gasteiger charge is 2.25. The minimum Gasteiger partial charge on any atom is -0.497 e. The first-order valence-corrected chi connectivity index (χ1v) is 8.75. The molecule has 1 saturated carbocycles. The van der Waals surface area contributed by atoms with Crippen molar-refractivity contribution >= 4 is 10.8 Å². The molecule has 4 heteroatoms. The molecule has 20 heavy (non-hydrogen) atoms. The number of rotatable bonds is 5. The highest BCUT2D eigenvalue weighted by atomic mass is 32.2. The van der Waals surface area contributed by atoms with Gasteiger partial charge in [-0.3, -0.25) is 4.21 Å². The van der Waals surface area contributed by atoms with Gasteiger partial charge in [0.05, 0.1) is 7.11 Å². The standard InChI is InChI=1S/C16H25NO2S/c1-12-5-3-8-15(9-12)20(18)11-16(17)13-6-4-7-14(10-13)19-2/h4,6-7,10,12,15-16H,3,5,8-9,11,17H2,1-2H3. The van der Waals surface area contributed by atoms with E-state index in [1.807, 2.05) is 24.3 Å². The van der Waals surface area contributed by atoms with E-state index in [0.717, 1.165) is 24.2 Å². The highest BCUT2D eigenvalue weighted by molar-refractivity contribution is 7.85. The summed E-state index contributed by atoms with van der Waals surface area (Å²) in [7, 11) is 0.813. The summed E-state index contributed by atoms with van der Waals surface area (Å²) in [6.07, 6.45) is 4.64. The van der Waals surface area contributed by atoms with Gasteiger partial charge in [0, 0.05) is 27.8 Å². The molecular weight excluding hydrogens is 270 g/mol. The Morgan fingerprint density at radius 3 is 2.95 bits per heavy atom. The maximum atomic E-state index is 12.5. The van der Waals surface area contributed by atoms with Gasteiger partial charge >= 0.3 is 0 Å². The Morgan fingerprint density at radius 2 is 2.25 bits per heavy atom. The van der Waals surface area contributed by atoms with Crippen LogP contribution in [-0.4, -0.2) is 22.3 Å². The van der Waals surface area contributed by atoms with Crippen molar-refractivity contribution in [3.8, 4) is 5.75 Å². The molecule has 3 nitrogen and oxygen atoms in total. The van der Waals surface area contributed by atoms with Crippen molar-refractivity contribution in [3.63, 3.8) is 0 Å². The number of hydrogen-bond acceptors (Lipinski definition) is 3. The van der Waals surface area contributed by atoms with E-state index in [1.54, 1.807) is 7.11 Å². The molecule has 0 bridgehead atoms. The molecule has 0 saturated heterocycles.